The highest BCUT2D eigenvalue weighted by Gasteiger charge is 2.32. The van der Waals surface area contributed by atoms with Crippen LogP contribution in [-0.4, -0.2) is 24.8 Å². The average molecular weight is 310 g/mol. The molecule has 0 amide bonds. The van der Waals surface area contributed by atoms with Gasteiger partial charge in [0.05, 0.1) is 18.8 Å². The van der Waals surface area contributed by atoms with Crippen molar-refractivity contribution in [2.24, 2.45) is 0 Å². The summed E-state index contributed by atoms with van der Waals surface area (Å²) < 4.78 is 23.5. The van der Waals surface area contributed by atoms with Crippen LogP contribution in [0, 0.1) is 0 Å². The zero-order valence-electron chi connectivity index (χ0n) is 14.7. The van der Waals surface area contributed by atoms with Crippen LogP contribution in [0.3, 0.4) is 0 Å². The number of unbranched alkanes of at least 4 members (excludes halogenated alkanes) is 1. The van der Waals surface area contributed by atoms with Crippen LogP contribution >= 0.6 is 0 Å². The van der Waals surface area contributed by atoms with Gasteiger partial charge in [0.25, 0.3) is 0 Å². The summed E-state index contributed by atoms with van der Waals surface area (Å²) in [5.74, 6) is 0.191. The molecule has 126 valence electrons. The summed E-state index contributed by atoms with van der Waals surface area (Å²) in [5, 5.41) is 0. The van der Waals surface area contributed by atoms with Gasteiger partial charge in [0.1, 0.15) is 0 Å². The summed E-state index contributed by atoms with van der Waals surface area (Å²) in [4.78, 5) is 0. The fourth-order valence-corrected chi connectivity index (χ4v) is 2.11. The van der Waals surface area contributed by atoms with Crippen molar-refractivity contribution in [3.63, 3.8) is 0 Å². The van der Waals surface area contributed by atoms with E-state index in [0.717, 1.165) is 12.8 Å². The first-order chi connectivity index (χ1) is 10.4. The van der Waals surface area contributed by atoms with Crippen molar-refractivity contribution in [2.75, 3.05) is 6.61 Å². The summed E-state index contributed by atoms with van der Waals surface area (Å²) in [6, 6.07) is 7.61. The van der Waals surface area contributed by atoms with Crippen molar-refractivity contribution in [1.29, 1.82) is 0 Å². The first-order valence-corrected chi connectivity index (χ1v) is 8.12. The molecule has 4 nitrogen and oxygen atoms in total. The number of ether oxygens (including phenoxy) is 4. The lowest BCUT2D eigenvalue weighted by Gasteiger charge is -2.33. The molecule has 22 heavy (non-hydrogen) atoms. The molecule has 0 aliphatic heterocycles. The van der Waals surface area contributed by atoms with Crippen LogP contribution in [0.5, 0.6) is 11.5 Å². The van der Waals surface area contributed by atoms with Crippen molar-refractivity contribution >= 4 is 0 Å². The molecule has 0 saturated carbocycles. The standard InChI is InChI=1S/C18H30O4/c1-7-8-13-19-16-11-9-10-12-17(16)22-18(6,20-14(2)3)21-15(4)5/h9-12,14-15H,7-8,13H2,1-6H3. The molecule has 0 fully saturated rings. The first kappa shape index (κ1) is 18.8. The monoisotopic (exact) mass is 310 g/mol. The minimum atomic E-state index is -1.15. The van der Waals surface area contributed by atoms with Crippen LogP contribution in [0.15, 0.2) is 24.3 Å². The van der Waals surface area contributed by atoms with E-state index in [2.05, 4.69) is 6.92 Å². The SMILES string of the molecule is CCCCOc1ccccc1OC(C)(OC(C)C)OC(C)C. The molecule has 0 saturated heterocycles. The molecule has 0 bridgehead atoms. The normalized spacial score (nSPS) is 12.0. The van der Waals surface area contributed by atoms with Crippen molar-refractivity contribution in [3.05, 3.63) is 24.3 Å². The molecule has 1 aromatic rings. The maximum Gasteiger partial charge on any atom is 0.324 e. The fourth-order valence-electron chi connectivity index (χ4n) is 2.11. The Bertz CT molecular complexity index is 419. The molecule has 0 aromatic heterocycles. The number of rotatable bonds is 10. The Morgan fingerprint density at radius 3 is 2.00 bits per heavy atom. The minimum Gasteiger partial charge on any atom is -0.490 e. The van der Waals surface area contributed by atoms with Gasteiger partial charge in [0, 0.05) is 6.92 Å². The Kier molecular flexibility index (Phi) is 7.69. The lowest BCUT2D eigenvalue weighted by Crippen LogP contribution is -2.43. The summed E-state index contributed by atoms with van der Waals surface area (Å²) in [5.41, 5.74) is 0. The molecule has 0 unspecified atom stereocenters. The second-order valence-electron chi connectivity index (χ2n) is 5.95. The van der Waals surface area contributed by atoms with Gasteiger partial charge in [0.15, 0.2) is 11.5 Å². The van der Waals surface area contributed by atoms with Gasteiger partial charge in [-0.3, -0.25) is 0 Å². The van der Waals surface area contributed by atoms with E-state index in [-0.39, 0.29) is 12.2 Å². The highest BCUT2D eigenvalue weighted by Crippen LogP contribution is 2.32. The molecular weight excluding hydrogens is 280 g/mol. The second kappa shape index (κ2) is 9.01. The number of hydrogen-bond acceptors (Lipinski definition) is 4. The van der Waals surface area contributed by atoms with E-state index in [0.29, 0.717) is 18.1 Å². The molecular formula is C18H30O4. The van der Waals surface area contributed by atoms with E-state index in [1.54, 1.807) is 6.92 Å². The van der Waals surface area contributed by atoms with E-state index < -0.39 is 5.97 Å². The molecule has 0 aliphatic rings. The molecule has 4 heteroatoms. The Morgan fingerprint density at radius 1 is 0.955 bits per heavy atom. The van der Waals surface area contributed by atoms with E-state index in [1.807, 2.05) is 52.0 Å². The Balaban J connectivity index is 2.87. The van der Waals surface area contributed by atoms with E-state index in [1.165, 1.54) is 0 Å². The van der Waals surface area contributed by atoms with Crippen molar-refractivity contribution in [1.82, 2.24) is 0 Å². The van der Waals surface area contributed by atoms with Crippen LogP contribution in [0.1, 0.15) is 54.4 Å². The highest BCUT2D eigenvalue weighted by molar-refractivity contribution is 5.39. The topological polar surface area (TPSA) is 36.9 Å². The Labute approximate surface area is 134 Å². The van der Waals surface area contributed by atoms with Gasteiger partial charge in [-0.15, -0.1) is 0 Å². The zero-order valence-corrected chi connectivity index (χ0v) is 14.7. The number of para-hydroxylation sites is 2. The van der Waals surface area contributed by atoms with Gasteiger partial charge in [-0.1, -0.05) is 25.5 Å². The fraction of sp³-hybridized carbons (Fsp3) is 0.667. The van der Waals surface area contributed by atoms with Crippen LogP contribution < -0.4 is 9.47 Å². The van der Waals surface area contributed by atoms with Crippen LogP contribution in [-0.2, 0) is 9.47 Å². The maximum atomic E-state index is 6.02. The summed E-state index contributed by atoms with van der Waals surface area (Å²) >= 11 is 0. The predicted molar refractivity (Wildman–Crippen MR) is 88.3 cm³/mol. The first-order valence-electron chi connectivity index (χ1n) is 8.12. The van der Waals surface area contributed by atoms with Crippen LogP contribution in [0.25, 0.3) is 0 Å². The molecule has 0 N–H and O–H groups in total. The molecule has 0 radical (unpaired) electrons. The van der Waals surface area contributed by atoms with Gasteiger partial charge < -0.3 is 18.9 Å². The van der Waals surface area contributed by atoms with Crippen molar-refractivity contribution < 1.29 is 18.9 Å². The Morgan fingerprint density at radius 2 is 1.50 bits per heavy atom. The van der Waals surface area contributed by atoms with Gasteiger partial charge >= 0.3 is 5.97 Å². The van der Waals surface area contributed by atoms with E-state index in [4.69, 9.17) is 18.9 Å². The molecule has 0 heterocycles. The quantitative estimate of drug-likeness (QED) is 0.461. The van der Waals surface area contributed by atoms with Gasteiger partial charge in [0.2, 0.25) is 0 Å². The predicted octanol–water partition coefficient (Wildman–Crippen LogP) is 4.77. The van der Waals surface area contributed by atoms with Gasteiger partial charge in [-0.25, -0.2) is 0 Å². The number of hydrogen-bond donors (Lipinski definition) is 0. The lowest BCUT2D eigenvalue weighted by molar-refractivity contribution is -0.355. The molecule has 1 aromatic carbocycles. The summed E-state index contributed by atoms with van der Waals surface area (Å²) in [7, 11) is 0. The zero-order chi connectivity index (χ0) is 16.6. The second-order valence-corrected chi connectivity index (χ2v) is 5.95. The lowest BCUT2D eigenvalue weighted by atomic mass is 10.3. The average Bonchev–Trinajstić information content (AvgIpc) is 2.38. The minimum absolute atomic E-state index is 0.0167. The highest BCUT2D eigenvalue weighted by atomic mass is 16.9. The third-order valence-corrected chi connectivity index (χ3v) is 2.80. The smallest absolute Gasteiger partial charge is 0.324 e. The largest absolute Gasteiger partial charge is 0.490 e. The van der Waals surface area contributed by atoms with E-state index in [9.17, 15) is 0 Å². The molecule has 0 spiro atoms. The Hall–Kier alpha value is -1.26. The van der Waals surface area contributed by atoms with Crippen molar-refractivity contribution in [2.45, 2.75) is 72.6 Å². The summed E-state index contributed by atoms with van der Waals surface area (Å²) in [6.07, 6.45) is 2.07. The van der Waals surface area contributed by atoms with Crippen LogP contribution in [0.2, 0.25) is 0 Å². The molecule has 0 atom stereocenters. The number of benzene rings is 1. The van der Waals surface area contributed by atoms with Crippen molar-refractivity contribution in [3.8, 4) is 11.5 Å². The van der Waals surface area contributed by atoms with Gasteiger partial charge in [-0.2, -0.15) is 0 Å². The van der Waals surface area contributed by atoms with Gasteiger partial charge in [-0.05, 0) is 46.2 Å². The molecule has 1 rings (SSSR count). The van der Waals surface area contributed by atoms with Crippen LogP contribution in [0.4, 0.5) is 0 Å². The summed E-state index contributed by atoms with van der Waals surface area (Å²) in [6.45, 7) is 12.4. The van der Waals surface area contributed by atoms with E-state index >= 15 is 0 Å². The third kappa shape index (κ3) is 6.67. The third-order valence-electron chi connectivity index (χ3n) is 2.80. The molecule has 0 aliphatic carbocycles. The maximum absolute atomic E-state index is 6.02.